The van der Waals surface area contributed by atoms with Crippen LogP contribution < -0.4 is 10.6 Å². The van der Waals surface area contributed by atoms with Gasteiger partial charge in [-0.15, -0.1) is 0 Å². The van der Waals surface area contributed by atoms with E-state index in [-0.39, 0.29) is 0 Å². The lowest BCUT2D eigenvalue weighted by Gasteiger charge is -2.34. The number of hydrogen-bond donors (Lipinski definition) is 0. The summed E-state index contributed by atoms with van der Waals surface area (Å²) in [6.45, 7) is 4.74. The molecule has 0 atom stereocenters. The van der Waals surface area contributed by atoms with Crippen molar-refractivity contribution in [1.29, 1.82) is 0 Å². The molecule has 0 aliphatic heterocycles. The molecule has 0 spiro atoms. The molecule has 0 unspecified atom stereocenters. The van der Waals surface area contributed by atoms with E-state index in [0.717, 1.165) is 0 Å². The van der Waals surface area contributed by atoms with Gasteiger partial charge >= 0.3 is 5.97 Å². The van der Waals surface area contributed by atoms with E-state index in [9.17, 15) is 9.36 Å². The third-order valence-corrected chi connectivity index (χ3v) is 7.05. The molecule has 21 heavy (non-hydrogen) atoms. The fourth-order valence-electron chi connectivity index (χ4n) is 2.46. The van der Waals surface area contributed by atoms with Crippen molar-refractivity contribution >= 4 is 23.7 Å². The van der Waals surface area contributed by atoms with E-state index in [2.05, 4.69) is 0 Å². The number of carbonyl (C=O) groups is 1. The van der Waals surface area contributed by atoms with Gasteiger partial charge in [0.05, 0.1) is 0 Å². The fourth-order valence-corrected chi connectivity index (χ4v) is 5.45. The van der Waals surface area contributed by atoms with Crippen LogP contribution in [-0.4, -0.2) is 11.3 Å². The van der Waals surface area contributed by atoms with Crippen LogP contribution in [0.4, 0.5) is 0 Å². The second kappa shape index (κ2) is 5.87. The molecule has 110 valence electrons. The van der Waals surface area contributed by atoms with Crippen molar-refractivity contribution in [2.75, 3.05) is 0 Å². The highest BCUT2D eigenvalue weighted by Crippen LogP contribution is 2.56. The maximum Gasteiger partial charge on any atom is 0.303 e. The number of benzene rings is 2. The molecule has 0 saturated carbocycles. The molecular formula is C17H19O3P. The van der Waals surface area contributed by atoms with Gasteiger partial charge in [-0.2, -0.15) is 0 Å². The summed E-state index contributed by atoms with van der Waals surface area (Å²) < 4.78 is 19.3. The summed E-state index contributed by atoms with van der Waals surface area (Å²) in [5.41, 5.74) is 0. The van der Waals surface area contributed by atoms with E-state index >= 15 is 0 Å². The Morgan fingerprint density at radius 1 is 0.905 bits per heavy atom. The Bertz CT molecular complexity index is 619. The van der Waals surface area contributed by atoms with Crippen molar-refractivity contribution in [1.82, 2.24) is 0 Å². The van der Waals surface area contributed by atoms with E-state index < -0.39 is 18.5 Å². The summed E-state index contributed by atoms with van der Waals surface area (Å²) in [7, 11) is -3.12. The first kappa shape index (κ1) is 15.5. The van der Waals surface area contributed by atoms with Crippen molar-refractivity contribution in [3.8, 4) is 0 Å². The number of rotatable bonds is 4. The van der Waals surface area contributed by atoms with Crippen LogP contribution in [0, 0.1) is 0 Å². The average Bonchev–Trinajstić information content (AvgIpc) is 2.46. The molecule has 0 N–H and O–H groups in total. The van der Waals surface area contributed by atoms with E-state index in [0.29, 0.717) is 10.6 Å². The minimum atomic E-state index is -3.12. The predicted molar refractivity (Wildman–Crippen MR) is 85.6 cm³/mol. The lowest BCUT2D eigenvalue weighted by molar-refractivity contribution is -0.147. The zero-order valence-electron chi connectivity index (χ0n) is 12.4. The van der Waals surface area contributed by atoms with Crippen LogP contribution in [0.1, 0.15) is 20.8 Å². The standard InChI is InChI=1S/C17H19O3P/c1-14(18)20-17(2,3)21(19,15-10-6-4-7-11-15)16-12-8-5-9-13-16/h4-13H,1-3H3. The van der Waals surface area contributed by atoms with Gasteiger partial charge in [-0.1, -0.05) is 60.7 Å². The number of carbonyl (C=O) groups excluding carboxylic acids is 1. The van der Waals surface area contributed by atoms with Crippen molar-refractivity contribution in [2.45, 2.75) is 26.1 Å². The van der Waals surface area contributed by atoms with Gasteiger partial charge in [-0.25, -0.2) is 0 Å². The Morgan fingerprint density at radius 2 is 1.29 bits per heavy atom. The van der Waals surface area contributed by atoms with Crippen LogP contribution in [0.5, 0.6) is 0 Å². The molecule has 2 aromatic rings. The zero-order valence-corrected chi connectivity index (χ0v) is 13.3. The van der Waals surface area contributed by atoms with Gasteiger partial charge in [0, 0.05) is 17.5 Å². The molecular weight excluding hydrogens is 283 g/mol. The van der Waals surface area contributed by atoms with E-state index in [1.54, 1.807) is 13.8 Å². The van der Waals surface area contributed by atoms with Crippen molar-refractivity contribution in [3.63, 3.8) is 0 Å². The van der Waals surface area contributed by atoms with Gasteiger partial charge in [0.15, 0.2) is 12.5 Å². The molecule has 0 fully saturated rings. The zero-order chi connectivity index (χ0) is 15.5. The summed E-state index contributed by atoms with van der Waals surface area (Å²) in [6, 6.07) is 18.4. The number of ether oxygens (including phenoxy) is 1. The lowest BCUT2D eigenvalue weighted by atomic mass is 10.4. The molecule has 0 aliphatic rings. The first-order valence-corrected chi connectivity index (χ1v) is 8.49. The summed E-state index contributed by atoms with van der Waals surface area (Å²) in [5, 5.41) is 0.256. The topological polar surface area (TPSA) is 43.4 Å². The Hall–Kier alpha value is -1.86. The van der Waals surface area contributed by atoms with Gasteiger partial charge in [-0.3, -0.25) is 4.79 Å². The molecule has 0 radical (unpaired) electrons. The second-order valence-electron chi connectivity index (χ2n) is 5.32. The lowest BCUT2D eigenvalue weighted by Crippen LogP contribution is -2.36. The molecule has 2 rings (SSSR count). The summed E-state index contributed by atoms with van der Waals surface area (Å²) in [5.74, 6) is -0.438. The third kappa shape index (κ3) is 2.93. The summed E-state index contributed by atoms with van der Waals surface area (Å²) in [6.07, 6.45) is 0. The molecule has 3 nitrogen and oxygen atoms in total. The van der Waals surface area contributed by atoms with Crippen molar-refractivity contribution in [3.05, 3.63) is 60.7 Å². The highest BCUT2D eigenvalue weighted by molar-refractivity contribution is 7.79. The van der Waals surface area contributed by atoms with Crippen LogP contribution in [0.25, 0.3) is 0 Å². The SMILES string of the molecule is CC(=O)OC(C)(C)P(=O)(c1ccccc1)c1ccccc1. The van der Waals surface area contributed by atoms with Crippen LogP contribution >= 0.6 is 7.14 Å². The Morgan fingerprint density at radius 3 is 1.62 bits per heavy atom. The molecule has 4 heteroatoms. The third-order valence-electron chi connectivity index (χ3n) is 3.39. The summed E-state index contributed by atoms with van der Waals surface area (Å²) >= 11 is 0. The Labute approximate surface area is 125 Å². The van der Waals surface area contributed by atoms with Crippen LogP contribution in [0.15, 0.2) is 60.7 Å². The van der Waals surface area contributed by atoms with Crippen molar-refractivity contribution < 1.29 is 14.1 Å². The van der Waals surface area contributed by atoms with Gasteiger partial charge in [-0.05, 0) is 13.8 Å². The van der Waals surface area contributed by atoms with E-state index in [1.165, 1.54) is 6.92 Å². The van der Waals surface area contributed by atoms with Crippen LogP contribution in [-0.2, 0) is 14.1 Å². The predicted octanol–water partition coefficient (Wildman–Crippen LogP) is 3.30. The summed E-state index contributed by atoms with van der Waals surface area (Å²) in [4.78, 5) is 11.4. The second-order valence-corrected chi connectivity index (χ2v) is 8.65. The molecule has 0 bridgehead atoms. The molecule has 0 aromatic heterocycles. The minimum absolute atomic E-state index is 0.438. The number of esters is 1. The molecule has 2 aromatic carbocycles. The molecule has 0 aliphatic carbocycles. The quantitative estimate of drug-likeness (QED) is 0.643. The highest BCUT2D eigenvalue weighted by atomic mass is 31.2. The Balaban J connectivity index is 2.66. The number of hydrogen-bond acceptors (Lipinski definition) is 3. The maximum absolute atomic E-state index is 13.9. The maximum atomic E-state index is 13.9. The van der Waals surface area contributed by atoms with Gasteiger partial charge < -0.3 is 9.30 Å². The van der Waals surface area contributed by atoms with Crippen LogP contribution in [0.2, 0.25) is 0 Å². The average molecular weight is 302 g/mol. The van der Waals surface area contributed by atoms with E-state index in [1.807, 2.05) is 60.7 Å². The highest BCUT2D eigenvalue weighted by Gasteiger charge is 2.45. The molecule has 0 heterocycles. The molecule has 0 amide bonds. The van der Waals surface area contributed by atoms with Gasteiger partial charge in [0.25, 0.3) is 0 Å². The molecule has 0 saturated heterocycles. The van der Waals surface area contributed by atoms with E-state index in [4.69, 9.17) is 4.74 Å². The largest absolute Gasteiger partial charge is 0.451 e. The van der Waals surface area contributed by atoms with Crippen LogP contribution in [0.3, 0.4) is 0 Å². The minimum Gasteiger partial charge on any atom is -0.451 e. The monoisotopic (exact) mass is 302 g/mol. The van der Waals surface area contributed by atoms with Gasteiger partial charge in [0.1, 0.15) is 0 Å². The Kier molecular flexibility index (Phi) is 4.34. The van der Waals surface area contributed by atoms with Gasteiger partial charge in [0.2, 0.25) is 0 Å². The first-order chi connectivity index (χ1) is 9.88. The first-order valence-electron chi connectivity index (χ1n) is 6.79. The smallest absolute Gasteiger partial charge is 0.303 e. The van der Waals surface area contributed by atoms with Crippen molar-refractivity contribution in [2.24, 2.45) is 0 Å². The fraction of sp³-hybridized carbons (Fsp3) is 0.235. The normalized spacial score (nSPS) is 12.0.